The number of thiophene rings is 1. The number of nitrogens with zero attached hydrogens (tertiary/aromatic N) is 3. The number of hydrogen-bond donors (Lipinski definition) is 0. The highest BCUT2D eigenvalue weighted by atomic mass is 32.1. The molecule has 3 aromatic rings. The minimum absolute atomic E-state index is 0.00649. The number of amides is 1. The highest BCUT2D eigenvalue weighted by Gasteiger charge is 2.31. The molecule has 0 radical (unpaired) electrons. The average Bonchev–Trinajstić information content (AvgIpc) is 3.32. The molecule has 1 amide bonds. The molecule has 27 heavy (non-hydrogen) atoms. The fourth-order valence-electron chi connectivity index (χ4n) is 3.86. The molecule has 4 nitrogen and oxygen atoms in total. The van der Waals surface area contributed by atoms with Gasteiger partial charge in [0.1, 0.15) is 0 Å². The van der Waals surface area contributed by atoms with E-state index in [9.17, 15) is 4.79 Å². The molecule has 1 aliphatic rings. The van der Waals surface area contributed by atoms with E-state index in [0.717, 1.165) is 12.1 Å². The quantitative estimate of drug-likeness (QED) is 0.623. The van der Waals surface area contributed by atoms with Gasteiger partial charge in [-0.25, -0.2) is 0 Å². The highest BCUT2D eigenvalue weighted by molar-refractivity contribution is 7.12. The molecule has 0 spiro atoms. The first-order chi connectivity index (χ1) is 13.1. The second-order valence-corrected chi connectivity index (χ2v) is 8.22. The first-order valence-electron chi connectivity index (χ1n) is 9.23. The van der Waals surface area contributed by atoms with Crippen LogP contribution in [0.5, 0.6) is 0 Å². The lowest BCUT2D eigenvalue weighted by molar-refractivity contribution is -0.127. The Morgan fingerprint density at radius 1 is 1.37 bits per heavy atom. The Labute approximate surface area is 163 Å². The lowest BCUT2D eigenvalue weighted by atomic mass is 9.84. The Bertz CT molecular complexity index is 1000. The Hall–Kier alpha value is -2.66. The maximum Gasteiger partial charge on any atom is 0.246 e. The molecule has 4 rings (SSSR count). The van der Waals surface area contributed by atoms with E-state index in [4.69, 9.17) is 0 Å². The van der Waals surface area contributed by atoms with Gasteiger partial charge in [0, 0.05) is 40.5 Å². The van der Waals surface area contributed by atoms with Gasteiger partial charge in [-0.1, -0.05) is 30.8 Å². The third-order valence-corrected chi connectivity index (χ3v) is 6.22. The van der Waals surface area contributed by atoms with Gasteiger partial charge in [0.15, 0.2) is 0 Å². The SMILES string of the molecule is C=CC(=O)N1Cc2sc(C)cc2[C@H](c2ccccc2-c2cnn(CC)c2)C1. The van der Waals surface area contributed by atoms with Crippen LogP contribution in [0.3, 0.4) is 0 Å². The topological polar surface area (TPSA) is 38.1 Å². The van der Waals surface area contributed by atoms with Gasteiger partial charge in [0.25, 0.3) is 0 Å². The minimum Gasteiger partial charge on any atom is -0.333 e. The van der Waals surface area contributed by atoms with E-state index in [-0.39, 0.29) is 11.8 Å². The smallest absolute Gasteiger partial charge is 0.246 e. The maximum absolute atomic E-state index is 12.4. The fraction of sp³-hybridized carbons (Fsp3) is 0.273. The first kappa shape index (κ1) is 17.7. The van der Waals surface area contributed by atoms with Crippen LogP contribution >= 0.6 is 11.3 Å². The van der Waals surface area contributed by atoms with Crippen LogP contribution < -0.4 is 0 Å². The summed E-state index contributed by atoms with van der Waals surface area (Å²) in [5.74, 6) is 0.150. The van der Waals surface area contributed by atoms with Gasteiger partial charge in [-0.2, -0.15) is 5.10 Å². The van der Waals surface area contributed by atoms with Crippen LogP contribution in [0.25, 0.3) is 11.1 Å². The summed E-state index contributed by atoms with van der Waals surface area (Å²) in [7, 11) is 0. The second-order valence-electron chi connectivity index (χ2n) is 6.88. The molecule has 3 heterocycles. The van der Waals surface area contributed by atoms with E-state index in [1.165, 1.54) is 32.5 Å². The normalized spacial score (nSPS) is 16.2. The zero-order chi connectivity index (χ0) is 19.0. The average molecular weight is 378 g/mol. The summed E-state index contributed by atoms with van der Waals surface area (Å²) in [6.07, 6.45) is 5.44. The third kappa shape index (κ3) is 3.23. The number of aryl methyl sites for hydroxylation is 2. The first-order valence-corrected chi connectivity index (χ1v) is 10.0. The number of carbonyl (C=O) groups is 1. The van der Waals surface area contributed by atoms with E-state index in [0.29, 0.717) is 13.1 Å². The Morgan fingerprint density at radius 3 is 2.93 bits per heavy atom. The van der Waals surface area contributed by atoms with E-state index >= 15 is 0 Å². The summed E-state index contributed by atoms with van der Waals surface area (Å²) in [5.41, 5.74) is 4.90. The van der Waals surface area contributed by atoms with Crippen LogP contribution in [-0.2, 0) is 17.9 Å². The van der Waals surface area contributed by atoms with Crippen molar-refractivity contribution in [2.75, 3.05) is 6.54 Å². The van der Waals surface area contributed by atoms with Crippen LogP contribution in [0, 0.1) is 6.92 Å². The van der Waals surface area contributed by atoms with Crippen LogP contribution in [0.2, 0.25) is 0 Å². The Kier molecular flexibility index (Phi) is 4.70. The predicted octanol–water partition coefficient (Wildman–Crippen LogP) is 4.60. The van der Waals surface area contributed by atoms with Crippen LogP contribution in [-0.4, -0.2) is 27.1 Å². The van der Waals surface area contributed by atoms with E-state index in [1.54, 1.807) is 11.3 Å². The molecule has 1 atom stereocenters. The van der Waals surface area contributed by atoms with E-state index in [2.05, 4.69) is 62.1 Å². The van der Waals surface area contributed by atoms with Gasteiger partial charge >= 0.3 is 0 Å². The molecular weight excluding hydrogens is 354 g/mol. The summed E-state index contributed by atoms with van der Waals surface area (Å²) in [6, 6.07) is 10.8. The zero-order valence-electron chi connectivity index (χ0n) is 15.7. The summed E-state index contributed by atoms with van der Waals surface area (Å²) in [6.45, 7) is 10.1. The summed E-state index contributed by atoms with van der Waals surface area (Å²) in [5, 5.41) is 4.44. The van der Waals surface area contributed by atoms with Crippen molar-refractivity contribution in [3.05, 3.63) is 76.3 Å². The van der Waals surface area contributed by atoms with Crippen molar-refractivity contribution < 1.29 is 4.79 Å². The number of hydrogen-bond acceptors (Lipinski definition) is 3. The molecule has 0 bridgehead atoms. The fourth-order valence-corrected chi connectivity index (χ4v) is 4.97. The largest absolute Gasteiger partial charge is 0.333 e. The van der Waals surface area contributed by atoms with Crippen molar-refractivity contribution in [2.24, 2.45) is 0 Å². The Morgan fingerprint density at radius 2 is 2.19 bits per heavy atom. The number of fused-ring (bicyclic) bond motifs is 1. The summed E-state index contributed by atoms with van der Waals surface area (Å²) >= 11 is 1.79. The van der Waals surface area contributed by atoms with Crippen LogP contribution in [0.15, 0.2) is 55.4 Å². The molecule has 2 aromatic heterocycles. The van der Waals surface area contributed by atoms with Crippen LogP contribution in [0.1, 0.15) is 33.7 Å². The lowest BCUT2D eigenvalue weighted by Crippen LogP contribution is -2.37. The molecule has 138 valence electrons. The standard InChI is InChI=1S/C22H23N3OS/c1-4-22(26)24-13-20(19-10-15(3)27-21(19)14-24)18-9-7-6-8-17(18)16-11-23-25(5-2)12-16/h4,6-12,20H,1,5,13-14H2,2-3H3/t20-/m0/s1. The molecule has 0 saturated carbocycles. The third-order valence-electron chi connectivity index (χ3n) is 5.17. The molecule has 0 aliphatic carbocycles. The summed E-state index contributed by atoms with van der Waals surface area (Å²) < 4.78 is 1.95. The van der Waals surface area contributed by atoms with Gasteiger partial charge in [0.05, 0.1) is 12.7 Å². The number of rotatable bonds is 4. The molecule has 1 aromatic carbocycles. The van der Waals surface area contributed by atoms with E-state index < -0.39 is 0 Å². The lowest BCUT2D eigenvalue weighted by Gasteiger charge is -2.33. The number of benzene rings is 1. The molecule has 0 N–H and O–H groups in total. The molecule has 0 fully saturated rings. The van der Waals surface area contributed by atoms with Gasteiger partial charge in [-0.3, -0.25) is 9.48 Å². The van der Waals surface area contributed by atoms with E-state index in [1.807, 2.05) is 15.8 Å². The minimum atomic E-state index is -0.00649. The van der Waals surface area contributed by atoms with Crippen molar-refractivity contribution in [1.82, 2.24) is 14.7 Å². The number of aromatic nitrogens is 2. The molecule has 5 heteroatoms. The van der Waals surface area contributed by atoms with Gasteiger partial charge in [0.2, 0.25) is 5.91 Å². The molecule has 0 unspecified atom stereocenters. The van der Waals surface area contributed by atoms with Gasteiger partial charge < -0.3 is 4.90 Å². The number of carbonyl (C=O) groups excluding carboxylic acids is 1. The second kappa shape index (κ2) is 7.16. The van der Waals surface area contributed by atoms with Gasteiger partial charge in [-0.15, -0.1) is 11.3 Å². The molecule has 0 saturated heterocycles. The van der Waals surface area contributed by atoms with Crippen molar-refractivity contribution >= 4 is 17.2 Å². The van der Waals surface area contributed by atoms with Crippen molar-refractivity contribution in [3.8, 4) is 11.1 Å². The highest BCUT2D eigenvalue weighted by Crippen LogP contribution is 2.41. The monoisotopic (exact) mass is 377 g/mol. The van der Waals surface area contributed by atoms with Crippen molar-refractivity contribution in [2.45, 2.75) is 32.9 Å². The molecule has 1 aliphatic heterocycles. The predicted molar refractivity (Wildman–Crippen MR) is 110 cm³/mol. The van der Waals surface area contributed by atoms with Crippen molar-refractivity contribution in [3.63, 3.8) is 0 Å². The summed E-state index contributed by atoms with van der Waals surface area (Å²) in [4.78, 5) is 16.8. The van der Waals surface area contributed by atoms with Crippen LogP contribution in [0.4, 0.5) is 0 Å². The zero-order valence-corrected chi connectivity index (χ0v) is 16.5. The molecular formula is C22H23N3OS. The maximum atomic E-state index is 12.4. The Balaban J connectivity index is 1.82. The van der Waals surface area contributed by atoms with Crippen molar-refractivity contribution in [1.29, 1.82) is 0 Å². The van der Waals surface area contributed by atoms with Gasteiger partial charge in [-0.05, 0) is 42.7 Å².